The predicted octanol–water partition coefficient (Wildman–Crippen LogP) is 7.50. The molecule has 0 bridgehead atoms. The zero-order valence-corrected chi connectivity index (χ0v) is 15.7. The van der Waals surface area contributed by atoms with Crippen molar-refractivity contribution >= 4 is 5.69 Å². The van der Waals surface area contributed by atoms with Gasteiger partial charge >= 0.3 is 36.3 Å². The normalized spacial score (nSPS) is 14.7. The van der Waals surface area contributed by atoms with Gasteiger partial charge in [0.1, 0.15) is 0 Å². The van der Waals surface area contributed by atoms with Crippen LogP contribution in [0.1, 0.15) is 30.5 Å². The van der Waals surface area contributed by atoms with Crippen LogP contribution in [-0.4, -0.2) is 31.6 Å². The van der Waals surface area contributed by atoms with Crippen molar-refractivity contribution in [2.24, 2.45) is 0 Å². The van der Waals surface area contributed by atoms with Gasteiger partial charge in [-0.05, 0) is 13.8 Å². The van der Waals surface area contributed by atoms with Crippen LogP contribution in [0, 0.1) is 0 Å². The van der Waals surface area contributed by atoms with Crippen molar-refractivity contribution in [3.05, 3.63) is 28.8 Å². The molecule has 0 heterocycles. The van der Waals surface area contributed by atoms with E-state index >= 15 is 0 Å². The molecule has 1 aromatic rings. The Morgan fingerprint density at radius 1 is 0.531 bits per heavy atom. The third-order valence-corrected chi connectivity index (χ3v) is 4.32. The van der Waals surface area contributed by atoms with Crippen molar-refractivity contribution in [2.45, 2.75) is 50.1 Å². The predicted molar refractivity (Wildman–Crippen MR) is 79.9 cm³/mol. The Balaban J connectivity index is 4.42. The van der Waals surface area contributed by atoms with Crippen molar-refractivity contribution in [3.63, 3.8) is 0 Å². The largest absolute Gasteiger partial charge is 0.458 e. The molecule has 1 nitrogen and oxygen atoms in total. The fourth-order valence-electron chi connectivity index (χ4n) is 2.74. The van der Waals surface area contributed by atoms with Crippen LogP contribution in [0.5, 0.6) is 0 Å². The zero-order valence-electron chi connectivity index (χ0n) is 15.7. The first-order valence-electron chi connectivity index (χ1n) is 8.27. The maximum absolute atomic E-state index is 14.2. The molecule has 0 atom stereocenters. The lowest BCUT2D eigenvalue weighted by Crippen LogP contribution is -2.44. The summed E-state index contributed by atoms with van der Waals surface area (Å²) < 4.78 is 200. The third-order valence-electron chi connectivity index (χ3n) is 4.32. The van der Waals surface area contributed by atoms with Gasteiger partial charge in [0, 0.05) is 18.7 Å². The second kappa shape index (κ2) is 8.08. The Bertz CT molecular complexity index is 812. The fraction of sp³-hybridized carbons (Fsp3) is 0.625. The lowest BCUT2D eigenvalue weighted by atomic mass is 9.88. The molecule has 186 valence electrons. The van der Waals surface area contributed by atoms with Crippen molar-refractivity contribution in [1.29, 1.82) is 0 Å². The number of alkyl halides is 15. The van der Waals surface area contributed by atoms with E-state index in [1.54, 1.807) is 0 Å². The summed E-state index contributed by atoms with van der Waals surface area (Å²) in [7, 11) is 0. The summed E-state index contributed by atoms with van der Waals surface area (Å²) >= 11 is 0. The summed E-state index contributed by atoms with van der Waals surface area (Å²) in [5, 5.41) is 0. The molecule has 0 saturated carbocycles. The van der Waals surface area contributed by atoms with E-state index in [4.69, 9.17) is 0 Å². The van der Waals surface area contributed by atoms with Gasteiger partial charge in [-0.3, -0.25) is 0 Å². The summed E-state index contributed by atoms with van der Waals surface area (Å²) in [6, 6.07) is -1.61. The number of hydrogen-bond acceptors (Lipinski definition) is 1. The minimum absolute atomic E-state index is 0.0279. The molecular formula is C16H12F15N. The Morgan fingerprint density at radius 3 is 1.16 bits per heavy atom. The van der Waals surface area contributed by atoms with Crippen molar-refractivity contribution in [3.8, 4) is 0 Å². The standard InChI is InChI=1S/C16H12F15N/c1-3-32(4-2)10-8(12(19,20)15(26,27)28)6-5-7(11(17,18)14(23,24)25)9(10)13(21,22)16(29,30)31/h5-6H,3-4H2,1-2H3. The monoisotopic (exact) mass is 503 g/mol. The van der Waals surface area contributed by atoms with Crippen LogP contribution in [0.4, 0.5) is 71.5 Å². The average Bonchev–Trinajstić information content (AvgIpc) is 2.59. The molecule has 32 heavy (non-hydrogen) atoms. The average molecular weight is 503 g/mol. The molecule has 0 unspecified atom stereocenters. The second-order valence-corrected chi connectivity index (χ2v) is 6.27. The number of hydrogen-bond donors (Lipinski definition) is 0. The van der Waals surface area contributed by atoms with Crippen molar-refractivity contribution < 1.29 is 65.9 Å². The molecule has 0 radical (unpaired) electrons. The highest BCUT2D eigenvalue weighted by Gasteiger charge is 2.68. The van der Waals surface area contributed by atoms with E-state index in [0.717, 1.165) is 13.8 Å². The van der Waals surface area contributed by atoms with Crippen LogP contribution in [0.15, 0.2) is 12.1 Å². The zero-order chi connectivity index (χ0) is 25.7. The number of anilines is 1. The van der Waals surface area contributed by atoms with E-state index in [-0.39, 0.29) is 4.90 Å². The summed E-state index contributed by atoms with van der Waals surface area (Å²) in [5.41, 5.74) is -11.5. The third kappa shape index (κ3) is 4.40. The number of halogens is 15. The molecular weight excluding hydrogens is 491 g/mol. The topological polar surface area (TPSA) is 3.24 Å². The molecule has 0 amide bonds. The first-order valence-corrected chi connectivity index (χ1v) is 8.27. The highest BCUT2D eigenvalue weighted by Crippen LogP contribution is 2.58. The smallest absolute Gasteiger partial charge is 0.371 e. The summed E-state index contributed by atoms with van der Waals surface area (Å²) in [5.74, 6) is -19.3. The van der Waals surface area contributed by atoms with Crippen LogP contribution < -0.4 is 4.90 Å². The summed E-state index contributed by atoms with van der Waals surface area (Å²) in [4.78, 5) is -0.0279. The van der Waals surface area contributed by atoms with E-state index < -0.39 is 83.9 Å². The van der Waals surface area contributed by atoms with Crippen LogP contribution in [0.2, 0.25) is 0 Å². The second-order valence-electron chi connectivity index (χ2n) is 6.27. The lowest BCUT2D eigenvalue weighted by Gasteiger charge is -2.36. The van der Waals surface area contributed by atoms with Crippen LogP contribution >= 0.6 is 0 Å². The minimum Gasteiger partial charge on any atom is -0.371 e. The van der Waals surface area contributed by atoms with Crippen LogP contribution in [-0.2, 0) is 17.8 Å². The molecule has 0 N–H and O–H groups in total. The molecule has 0 fully saturated rings. The first kappa shape index (κ1) is 28.0. The number of benzene rings is 1. The molecule has 0 spiro atoms. The molecule has 0 aliphatic heterocycles. The summed E-state index contributed by atoms with van der Waals surface area (Å²) in [6.07, 6.45) is -20.3. The van der Waals surface area contributed by atoms with Gasteiger partial charge in [0.2, 0.25) is 0 Å². The fourth-order valence-corrected chi connectivity index (χ4v) is 2.74. The van der Waals surface area contributed by atoms with Crippen molar-refractivity contribution in [2.75, 3.05) is 18.0 Å². The SMILES string of the molecule is CCN(CC)c1c(C(F)(F)C(F)(F)F)ccc(C(F)(F)C(F)(F)F)c1C(F)(F)C(F)(F)F. The number of nitrogens with zero attached hydrogens (tertiary/aromatic N) is 1. The Labute approximate surface area is 169 Å². The Hall–Kier alpha value is -2.03. The van der Waals surface area contributed by atoms with Crippen LogP contribution in [0.3, 0.4) is 0 Å². The maximum atomic E-state index is 14.2. The van der Waals surface area contributed by atoms with Gasteiger partial charge < -0.3 is 4.90 Å². The molecule has 1 rings (SSSR count). The molecule has 16 heteroatoms. The minimum atomic E-state index is -6.93. The number of rotatable bonds is 6. The lowest BCUT2D eigenvalue weighted by molar-refractivity contribution is -0.302. The highest BCUT2D eigenvalue weighted by molar-refractivity contribution is 5.67. The summed E-state index contributed by atoms with van der Waals surface area (Å²) in [6.45, 7) is -0.106. The Morgan fingerprint density at radius 2 is 0.844 bits per heavy atom. The van der Waals surface area contributed by atoms with E-state index in [2.05, 4.69) is 0 Å². The van der Waals surface area contributed by atoms with Crippen molar-refractivity contribution in [1.82, 2.24) is 0 Å². The molecule has 0 aliphatic carbocycles. The Kier molecular flexibility index (Phi) is 7.07. The van der Waals surface area contributed by atoms with Gasteiger partial charge in [-0.2, -0.15) is 65.9 Å². The molecule has 0 aromatic heterocycles. The van der Waals surface area contributed by atoms with E-state index in [1.807, 2.05) is 0 Å². The molecule has 0 aliphatic rings. The first-order chi connectivity index (χ1) is 14.0. The maximum Gasteiger partial charge on any atom is 0.458 e. The van der Waals surface area contributed by atoms with Gasteiger partial charge in [0.15, 0.2) is 0 Å². The van der Waals surface area contributed by atoms with E-state index in [1.165, 1.54) is 0 Å². The van der Waals surface area contributed by atoms with Gasteiger partial charge in [-0.15, -0.1) is 0 Å². The van der Waals surface area contributed by atoms with Gasteiger partial charge in [0.25, 0.3) is 0 Å². The quantitative estimate of drug-likeness (QED) is 0.364. The van der Waals surface area contributed by atoms with Crippen LogP contribution in [0.25, 0.3) is 0 Å². The van der Waals surface area contributed by atoms with E-state index in [9.17, 15) is 65.9 Å². The van der Waals surface area contributed by atoms with Gasteiger partial charge in [0.05, 0.1) is 16.8 Å². The van der Waals surface area contributed by atoms with E-state index in [0.29, 0.717) is 0 Å². The van der Waals surface area contributed by atoms with Gasteiger partial charge in [-0.25, -0.2) is 0 Å². The highest BCUT2D eigenvalue weighted by atomic mass is 19.4. The molecule has 1 aromatic carbocycles. The van der Waals surface area contributed by atoms with Gasteiger partial charge in [-0.1, -0.05) is 12.1 Å². The molecule has 0 saturated heterocycles.